The lowest BCUT2D eigenvalue weighted by Crippen LogP contribution is -2.48. The van der Waals surface area contributed by atoms with Gasteiger partial charge in [0.15, 0.2) is 11.4 Å². The molecule has 1 rings (SSSR count). The van der Waals surface area contributed by atoms with Gasteiger partial charge in [0.1, 0.15) is 0 Å². The van der Waals surface area contributed by atoms with Crippen LogP contribution in [-0.4, -0.2) is 17.4 Å². The summed E-state index contributed by atoms with van der Waals surface area (Å²) in [6.07, 6.45) is 2.74. The smallest absolute Gasteiger partial charge is 0.306 e. The van der Waals surface area contributed by atoms with Gasteiger partial charge in [-0.15, -0.1) is 0 Å². The molecule has 1 saturated carbocycles. The van der Waals surface area contributed by atoms with Crippen molar-refractivity contribution in [3.63, 3.8) is 0 Å². The third kappa shape index (κ3) is 1.97. The predicted octanol–water partition coefficient (Wildman–Crippen LogP) is 2.09. The van der Waals surface area contributed by atoms with Gasteiger partial charge in [-0.05, 0) is 19.8 Å². The zero-order valence-corrected chi connectivity index (χ0v) is 9.13. The molecule has 0 aromatic carbocycles. The number of rotatable bonds is 2. The minimum absolute atomic E-state index is 0.0676. The molecule has 80 valence electrons. The molecule has 0 N–H and O–H groups in total. The zero-order valence-electron chi connectivity index (χ0n) is 9.13. The molecule has 0 saturated heterocycles. The van der Waals surface area contributed by atoms with Gasteiger partial charge in [-0.25, -0.2) is 0 Å². The second-order valence-corrected chi connectivity index (χ2v) is 4.15. The Balaban J connectivity index is 2.76. The molecule has 0 aromatic rings. The van der Waals surface area contributed by atoms with E-state index in [0.29, 0.717) is 12.8 Å². The van der Waals surface area contributed by atoms with E-state index in [1.165, 1.54) is 0 Å². The summed E-state index contributed by atoms with van der Waals surface area (Å²) in [5.74, 6) is -0.0769. The average Bonchev–Trinajstić information content (AvgIpc) is 2.14. The Morgan fingerprint density at radius 2 is 2.29 bits per heavy atom. The third-order valence-corrected chi connectivity index (χ3v) is 3.15. The molecule has 0 aromatic heterocycles. The van der Waals surface area contributed by atoms with E-state index < -0.39 is 5.60 Å². The molecule has 0 aliphatic heterocycles. The number of hydrogen-bond donors (Lipinski definition) is 0. The molecule has 2 atom stereocenters. The van der Waals surface area contributed by atoms with Crippen molar-refractivity contribution >= 4 is 11.8 Å². The summed E-state index contributed by atoms with van der Waals surface area (Å²) < 4.78 is 5.26. The number of ether oxygens (including phenoxy) is 1. The average molecular weight is 198 g/mol. The molecular weight excluding hydrogens is 180 g/mol. The van der Waals surface area contributed by atoms with Gasteiger partial charge in [-0.1, -0.05) is 13.8 Å². The van der Waals surface area contributed by atoms with E-state index in [0.717, 1.165) is 12.8 Å². The van der Waals surface area contributed by atoms with Crippen LogP contribution in [0.4, 0.5) is 0 Å². The maximum Gasteiger partial charge on any atom is 0.306 e. The number of carbonyl (C=O) groups is 2. The molecule has 14 heavy (non-hydrogen) atoms. The number of esters is 1. The van der Waals surface area contributed by atoms with Crippen LogP contribution in [0.5, 0.6) is 0 Å². The van der Waals surface area contributed by atoms with Crippen LogP contribution in [0.3, 0.4) is 0 Å². The summed E-state index contributed by atoms with van der Waals surface area (Å²) in [7, 11) is 0. The summed E-state index contributed by atoms with van der Waals surface area (Å²) in [6, 6.07) is 0. The lowest BCUT2D eigenvalue weighted by atomic mass is 9.76. The molecule has 0 spiro atoms. The van der Waals surface area contributed by atoms with Crippen LogP contribution in [-0.2, 0) is 14.3 Å². The monoisotopic (exact) mass is 198 g/mol. The van der Waals surface area contributed by atoms with Crippen molar-refractivity contribution in [3.8, 4) is 0 Å². The van der Waals surface area contributed by atoms with Gasteiger partial charge in [-0.2, -0.15) is 0 Å². The molecular formula is C11H18O3. The first-order valence-corrected chi connectivity index (χ1v) is 5.25. The fourth-order valence-corrected chi connectivity index (χ4v) is 1.83. The first-order valence-electron chi connectivity index (χ1n) is 5.25. The van der Waals surface area contributed by atoms with E-state index in [1.54, 1.807) is 13.8 Å². The summed E-state index contributed by atoms with van der Waals surface area (Å²) >= 11 is 0. The third-order valence-electron chi connectivity index (χ3n) is 3.15. The van der Waals surface area contributed by atoms with Crippen LogP contribution < -0.4 is 0 Å². The van der Waals surface area contributed by atoms with E-state index in [4.69, 9.17) is 4.74 Å². The van der Waals surface area contributed by atoms with E-state index >= 15 is 0 Å². The topological polar surface area (TPSA) is 43.4 Å². The van der Waals surface area contributed by atoms with Gasteiger partial charge in [0.05, 0.1) is 0 Å². The molecule has 0 heterocycles. The molecule has 3 nitrogen and oxygen atoms in total. The molecule has 0 radical (unpaired) electrons. The SMILES string of the molecule is CCC(=O)OC1(C)C(=O)CCCC1C. The summed E-state index contributed by atoms with van der Waals surface area (Å²) in [6.45, 7) is 5.45. The lowest BCUT2D eigenvalue weighted by molar-refractivity contribution is -0.173. The Bertz CT molecular complexity index is 247. The minimum atomic E-state index is -0.870. The van der Waals surface area contributed by atoms with Crippen LogP contribution >= 0.6 is 0 Å². The highest BCUT2D eigenvalue weighted by Crippen LogP contribution is 2.33. The second kappa shape index (κ2) is 4.11. The summed E-state index contributed by atoms with van der Waals surface area (Å²) in [4.78, 5) is 22.9. The van der Waals surface area contributed by atoms with Crippen molar-refractivity contribution in [3.05, 3.63) is 0 Å². The highest BCUT2D eigenvalue weighted by Gasteiger charge is 2.44. The van der Waals surface area contributed by atoms with E-state index in [1.807, 2.05) is 6.92 Å². The van der Waals surface area contributed by atoms with Crippen LogP contribution in [0, 0.1) is 5.92 Å². The van der Waals surface area contributed by atoms with E-state index in [2.05, 4.69) is 0 Å². The molecule has 1 aliphatic carbocycles. The van der Waals surface area contributed by atoms with Gasteiger partial charge in [0.25, 0.3) is 0 Å². The van der Waals surface area contributed by atoms with E-state index in [-0.39, 0.29) is 17.7 Å². The van der Waals surface area contributed by atoms with Gasteiger partial charge in [0, 0.05) is 18.8 Å². The van der Waals surface area contributed by atoms with Gasteiger partial charge in [-0.3, -0.25) is 9.59 Å². The van der Waals surface area contributed by atoms with E-state index in [9.17, 15) is 9.59 Å². The summed E-state index contributed by atoms with van der Waals surface area (Å²) in [5, 5.41) is 0. The van der Waals surface area contributed by atoms with Crippen molar-refractivity contribution in [2.75, 3.05) is 0 Å². The first kappa shape index (κ1) is 11.2. The first-order chi connectivity index (χ1) is 6.50. The van der Waals surface area contributed by atoms with Crippen molar-refractivity contribution in [1.82, 2.24) is 0 Å². The van der Waals surface area contributed by atoms with Crippen molar-refractivity contribution < 1.29 is 14.3 Å². The Morgan fingerprint density at radius 3 is 2.79 bits per heavy atom. The number of hydrogen-bond acceptors (Lipinski definition) is 3. The van der Waals surface area contributed by atoms with Crippen molar-refractivity contribution in [1.29, 1.82) is 0 Å². The standard InChI is InChI=1S/C11H18O3/c1-4-10(13)14-11(3)8(2)6-5-7-9(11)12/h8H,4-7H2,1-3H3. The van der Waals surface area contributed by atoms with Gasteiger partial charge in [0.2, 0.25) is 0 Å². The fourth-order valence-electron chi connectivity index (χ4n) is 1.83. The molecule has 3 heteroatoms. The Kier molecular flexibility index (Phi) is 3.29. The van der Waals surface area contributed by atoms with Crippen molar-refractivity contribution in [2.24, 2.45) is 5.92 Å². The largest absolute Gasteiger partial charge is 0.451 e. The molecule has 0 bridgehead atoms. The Morgan fingerprint density at radius 1 is 1.64 bits per heavy atom. The predicted molar refractivity (Wildman–Crippen MR) is 52.8 cm³/mol. The van der Waals surface area contributed by atoms with Crippen LogP contribution in [0.1, 0.15) is 46.5 Å². The zero-order chi connectivity index (χ0) is 10.8. The summed E-state index contributed by atoms with van der Waals surface area (Å²) in [5.41, 5.74) is -0.870. The fraction of sp³-hybridized carbons (Fsp3) is 0.818. The minimum Gasteiger partial charge on any atom is -0.451 e. The van der Waals surface area contributed by atoms with Crippen LogP contribution in [0.2, 0.25) is 0 Å². The molecule has 2 unspecified atom stereocenters. The quantitative estimate of drug-likeness (QED) is 0.638. The van der Waals surface area contributed by atoms with Crippen LogP contribution in [0.15, 0.2) is 0 Å². The maximum atomic E-state index is 11.7. The number of Topliss-reactive ketones (excluding diaryl/α,β-unsaturated/α-hetero) is 1. The number of carbonyl (C=O) groups excluding carboxylic acids is 2. The molecule has 1 aliphatic rings. The van der Waals surface area contributed by atoms with Gasteiger partial charge < -0.3 is 4.74 Å². The number of ketones is 1. The Labute approximate surface area is 84.8 Å². The highest BCUT2D eigenvalue weighted by molar-refractivity contribution is 5.90. The molecule has 1 fully saturated rings. The lowest BCUT2D eigenvalue weighted by Gasteiger charge is -2.37. The van der Waals surface area contributed by atoms with Crippen LogP contribution in [0.25, 0.3) is 0 Å². The highest BCUT2D eigenvalue weighted by atomic mass is 16.6. The molecule has 0 amide bonds. The maximum absolute atomic E-state index is 11.7. The van der Waals surface area contributed by atoms with Gasteiger partial charge >= 0.3 is 5.97 Å². The van der Waals surface area contributed by atoms with Crippen molar-refractivity contribution in [2.45, 2.75) is 52.1 Å². The second-order valence-electron chi connectivity index (χ2n) is 4.15. The normalized spacial score (nSPS) is 32.8. The Hall–Kier alpha value is -0.860.